The zero-order chi connectivity index (χ0) is 13.9. The van der Waals surface area contributed by atoms with E-state index in [1.807, 2.05) is 43.3 Å². The number of hydrogen-bond acceptors (Lipinski definition) is 1. The first-order valence-electron chi connectivity index (χ1n) is 6.61. The van der Waals surface area contributed by atoms with E-state index in [0.29, 0.717) is 6.61 Å². The Morgan fingerprint density at radius 1 is 1.10 bits per heavy atom. The monoisotopic (exact) mass is 281 g/mol. The first-order chi connectivity index (χ1) is 9.78. The molecule has 1 nitrogen and oxygen atoms in total. The third-order valence-corrected chi connectivity index (χ3v) is 3.55. The second-order valence-corrected chi connectivity index (χ2v) is 4.95. The molecule has 0 amide bonds. The van der Waals surface area contributed by atoms with Crippen LogP contribution in [0.1, 0.15) is 6.92 Å². The van der Waals surface area contributed by atoms with Crippen LogP contribution in [0, 0.1) is 6.07 Å². The Kier molecular flexibility index (Phi) is 3.62. The van der Waals surface area contributed by atoms with Gasteiger partial charge >= 0.3 is 0 Å². The number of fused-ring (bicyclic) bond motifs is 1. The van der Waals surface area contributed by atoms with E-state index in [1.165, 1.54) is 0 Å². The van der Waals surface area contributed by atoms with Crippen molar-refractivity contribution in [3.8, 4) is 16.9 Å². The fourth-order valence-electron chi connectivity index (χ4n) is 2.28. The molecule has 20 heavy (non-hydrogen) atoms. The SMILES string of the molecule is CCOc1cc[c]c(-c2ccc3c(Cl)cccc3c2)c1. The lowest BCUT2D eigenvalue weighted by Crippen LogP contribution is -1.91. The molecule has 1 radical (unpaired) electrons. The predicted molar refractivity (Wildman–Crippen MR) is 84.4 cm³/mol. The molecule has 0 aliphatic rings. The highest BCUT2D eigenvalue weighted by Crippen LogP contribution is 2.29. The molecule has 0 saturated heterocycles. The largest absolute Gasteiger partial charge is 0.494 e. The molecular weight excluding hydrogens is 268 g/mol. The third-order valence-electron chi connectivity index (χ3n) is 3.22. The second kappa shape index (κ2) is 5.56. The maximum Gasteiger partial charge on any atom is 0.119 e. The lowest BCUT2D eigenvalue weighted by molar-refractivity contribution is 0.340. The van der Waals surface area contributed by atoms with E-state index in [1.54, 1.807) is 0 Å². The standard InChI is InChI=1S/C18H14ClO/c1-2-20-16-7-3-5-13(12-16)14-9-10-17-15(11-14)6-4-8-18(17)19/h3-4,6-12H,2H2,1H3. The highest BCUT2D eigenvalue weighted by Gasteiger charge is 2.03. The Balaban J connectivity index is 2.08. The number of benzene rings is 3. The van der Waals surface area contributed by atoms with Crippen molar-refractivity contribution in [1.82, 2.24) is 0 Å². The molecule has 0 N–H and O–H groups in total. The molecule has 3 rings (SSSR count). The van der Waals surface area contributed by atoms with Crippen LogP contribution in [0.5, 0.6) is 5.75 Å². The molecule has 0 spiro atoms. The van der Waals surface area contributed by atoms with E-state index in [4.69, 9.17) is 16.3 Å². The fraction of sp³-hybridized carbons (Fsp3) is 0.111. The Morgan fingerprint density at radius 3 is 2.85 bits per heavy atom. The lowest BCUT2D eigenvalue weighted by Gasteiger charge is -2.07. The molecule has 0 bridgehead atoms. The van der Waals surface area contributed by atoms with Crippen molar-refractivity contribution in [2.24, 2.45) is 0 Å². The summed E-state index contributed by atoms with van der Waals surface area (Å²) in [4.78, 5) is 0. The van der Waals surface area contributed by atoms with Crippen LogP contribution in [0.4, 0.5) is 0 Å². The molecule has 0 unspecified atom stereocenters. The van der Waals surface area contributed by atoms with Crippen molar-refractivity contribution in [3.63, 3.8) is 0 Å². The first kappa shape index (κ1) is 13.0. The van der Waals surface area contributed by atoms with Crippen molar-refractivity contribution >= 4 is 22.4 Å². The van der Waals surface area contributed by atoms with Gasteiger partial charge in [-0.2, -0.15) is 0 Å². The zero-order valence-corrected chi connectivity index (χ0v) is 11.9. The van der Waals surface area contributed by atoms with E-state index < -0.39 is 0 Å². The van der Waals surface area contributed by atoms with Gasteiger partial charge in [-0.25, -0.2) is 0 Å². The Bertz CT molecular complexity index is 749. The molecule has 0 saturated carbocycles. The number of ether oxygens (including phenoxy) is 1. The summed E-state index contributed by atoms with van der Waals surface area (Å²) in [5.74, 6) is 0.868. The van der Waals surface area contributed by atoms with Crippen LogP contribution < -0.4 is 4.74 Å². The van der Waals surface area contributed by atoms with Gasteiger partial charge in [-0.1, -0.05) is 41.9 Å². The highest BCUT2D eigenvalue weighted by molar-refractivity contribution is 6.35. The van der Waals surface area contributed by atoms with Gasteiger partial charge in [0, 0.05) is 10.4 Å². The van der Waals surface area contributed by atoms with Gasteiger partial charge in [-0.05, 0) is 53.8 Å². The Morgan fingerprint density at radius 2 is 2.00 bits per heavy atom. The molecule has 99 valence electrons. The Hall–Kier alpha value is -1.99. The summed E-state index contributed by atoms with van der Waals surface area (Å²) in [6, 6.07) is 21.3. The molecule has 0 aliphatic heterocycles. The minimum Gasteiger partial charge on any atom is -0.494 e. The van der Waals surface area contributed by atoms with E-state index >= 15 is 0 Å². The van der Waals surface area contributed by atoms with Gasteiger partial charge in [0.05, 0.1) is 6.61 Å². The summed E-state index contributed by atoms with van der Waals surface area (Å²) in [5.41, 5.74) is 2.14. The summed E-state index contributed by atoms with van der Waals surface area (Å²) >= 11 is 6.19. The van der Waals surface area contributed by atoms with Crippen molar-refractivity contribution in [2.45, 2.75) is 6.92 Å². The summed E-state index contributed by atoms with van der Waals surface area (Å²) in [5, 5.41) is 2.98. The maximum absolute atomic E-state index is 6.19. The summed E-state index contributed by atoms with van der Waals surface area (Å²) in [7, 11) is 0. The van der Waals surface area contributed by atoms with Gasteiger partial charge in [0.15, 0.2) is 0 Å². The molecule has 2 heteroatoms. The molecule has 0 heterocycles. The van der Waals surface area contributed by atoms with Gasteiger partial charge in [0.2, 0.25) is 0 Å². The average molecular weight is 282 g/mol. The molecule has 0 fully saturated rings. The van der Waals surface area contributed by atoms with Crippen LogP contribution in [-0.4, -0.2) is 6.61 Å². The lowest BCUT2D eigenvalue weighted by atomic mass is 10.0. The van der Waals surface area contributed by atoms with Crippen LogP contribution in [0.2, 0.25) is 5.02 Å². The minimum absolute atomic E-state index is 0.663. The van der Waals surface area contributed by atoms with Gasteiger partial charge < -0.3 is 4.74 Å². The quantitative estimate of drug-likeness (QED) is 0.628. The van der Waals surface area contributed by atoms with E-state index in [-0.39, 0.29) is 0 Å². The minimum atomic E-state index is 0.663. The smallest absolute Gasteiger partial charge is 0.119 e. The fourth-order valence-corrected chi connectivity index (χ4v) is 2.53. The molecule has 3 aromatic carbocycles. The van der Waals surface area contributed by atoms with Crippen molar-refractivity contribution in [2.75, 3.05) is 6.61 Å². The third kappa shape index (κ3) is 2.50. The second-order valence-electron chi connectivity index (χ2n) is 4.55. The number of hydrogen-bond donors (Lipinski definition) is 0. The summed E-state index contributed by atoms with van der Waals surface area (Å²) < 4.78 is 5.53. The number of halogens is 1. The molecule has 0 aliphatic carbocycles. The molecule has 3 aromatic rings. The van der Waals surface area contributed by atoms with Crippen LogP contribution in [-0.2, 0) is 0 Å². The predicted octanol–water partition coefficient (Wildman–Crippen LogP) is 5.36. The van der Waals surface area contributed by atoms with Gasteiger partial charge in [0.25, 0.3) is 0 Å². The van der Waals surface area contributed by atoms with Crippen LogP contribution in [0.15, 0.2) is 54.6 Å². The van der Waals surface area contributed by atoms with Crippen LogP contribution >= 0.6 is 11.6 Å². The summed E-state index contributed by atoms with van der Waals surface area (Å²) in [6.07, 6.45) is 0. The van der Waals surface area contributed by atoms with E-state index in [0.717, 1.165) is 32.7 Å². The van der Waals surface area contributed by atoms with Gasteiger partial charge in [-0.3, -0.25) is 0 Å². The van der Waals surface area contributed by atoms with Gasteiger partial charge in [0.1, 0.15) is 5.75 Å². The topological polar surface area (TPSA) is 9.23 Å². The molecule has 0 aromatic heterocycles. The van der Waals surface area contributed by atoms with Crippen molar-refractivity contribution in [1.29, 1.82) is 0 Å². The van der Waals surface area contributed by atoms with E-state index in [9.17, 15) is 0 Å². The van der Waals surface area contributed by atoms with Gasteiger partial charge in [-0.15, -0.1) is 0 Å². The highest BCUT2D eigenvalue weighted by atomic mass is 35.5. The van der Waals surface area contributed by atoms with Crippen LogP contribution in [0.3, 0.4) is 0 Å². The normalized spacial score (nSPS) is 10.7. The molecular formula is C18H14ClO. The van der Waals surface area contributed by atoms with Crippen LogP contribution in [0.25, 0.3) is 21.9 Å². The van der Waals surface area contributed by atoms with E-state index in [2.05, 4.69) is 24.3 Å². The maximum atomic E-state index is 6.19. The van der Waals surface area contributed by atoms with Crippen molar-refractivity contribution < 1.29 is 4.74 Å². The average Bonchev–Trinajstić information content (AvgIpc) is 2.48. The zero-order valence-electron chi connectivity index (χ0n) is 11.2. The van der Waals surface area contributed by atoms with Crippen molar-refractivity contribution in [3.05, 3.63) is 65.7 Å². The Labute approximate surface area is 123 Å². The first-order valence-corrected chi connectivity index (χ1v) is 6.99. The summed E-state index contributed by atoms with van der Waals surface area (Å²) in [6.45, 7) is 2.64. The molecule has 0 atom stereocenters. The number of rotatable bonds is 3.